The number of hydrogen-bond acceptors (Lipinski definition) is 4. The number of nitrogens with zero attached hydrogens (tertiary/aromatic N) is 1. The van der Waals surface area contributed by atoms with Crippen LogP contribution in [-0.2, 0) is 6.18 Å². The largest absolute Gasteiger partial charge is 0.459 e. The molecule has 2 heterocycles. The summed E-state index contributed by atoms with van der Waals surface area (Å²) < 4.78 is 48.1. The molecule has 0 unspecified atom stereocenters. The topological polar surface area (TPSA) is 64.4 Å². The second kappa shape index (κ2) is 7.09. The number of pyridine rings is 1. The van der Waals surface area contributed by atoms with Gasteiger partial charge in [0.2, 0.25) is 5.88 Å². The van der Waals surface area contributed by atoms with Gasteiger partial charge in [0.1, 0.15) is 10.8 Å². The number of rotatable bonds is 4. The lowest BCUT2D eigenvalue weighted by Gasteiger charge is -2.10. The van der Waals surface area contributed by atoms with Crippen LogP contribution in [0.3, 0.4) is 0 Å². The van der Waals surface area contributed by atoms with Gasteiger partial charge in [0.25, 0.3) is 5.91 Å². The van der Waals surface area contributed by atoms with Crippen molar-refractivity contribution in [2.45, 2.75) is 6.18 Å². The number of benzene rings is 1. The fourth-order valence-corrected chi connectivity index (χ4v) is 2.18. The maximum absolute atomic E-state index is 12.6. The van der Waals surface area contributed by atoms with Crippen LogP contribution in [0.25, 0.3) is 0 Å². The van der Waals surface area contributed by atoms with Crippen LogP contribution in [-0.4, -0.2) is 10.9 Å². The van der Waals surface area contributed by atoms with Crippen molar-refractivity contribution in [3.05, 3.63) is 71.3 Å². The van der Waals surface area contributed by atoms with E-state index in [0.717, 1.165) is 6.07 Å². The van der Waals surface area contributed by atoms with Crippen LogP contribution in [0.1, 0.15) is 16.1 Å². The molecule has 0 saturated carbocycles. The third-order valence-electron chi connectivity index (χ3n) is 3.21. The highest BCUT2D eigenvalue weighted by molar-refractivity contribution is 6.31. The predicted octanol–water partition coefficient (Wildman–Crippen LogP) is 5.39. The lowest BCUT2D eigenvalue weighted by molar-refractivity contribution is -0.137. The molecular formula is C17H10ClF3N2O3. The highest BCUT2D eigenvalue weighted by Crippen LogP contribution is 2.34. The van der Waals surface area contributed by atoms with Crippen molar-refractivity contribution in [3.63, 3.8) is 0 Å². The van der Waals surface area contributed by atoms with Crippen LogP contribution in [0.2, 0.25) is 5.02 Å². The number of nitrogens with one attached hydrogen (secondary N) is 1. The van der Waals surface area contributed by atoms with E-state index in [1.54, 1.807) is 18.2 Å². The number of hydrogen-bond donors (Lipinski definition) is 1. The monoisotopic (exact) mass is 382 g/mol. The Balaban J connectivity index is 1.69. The fraction of sp³-hybridized carbons (Fsp3) is 0.0588. The minimum absolute atomic E-state index is 0.158. The van der Waals surface area contributed by atoms with Crippen LogP contribution in [0.15, 0.2) is 59.3 Å². The summed E-state index contributed by atoms with van der Waals surface area (Å²) in [5.74, 6) is -0.135. The number of carbonyl (C=O) groups excluding carboxylic acids is 1. The van der Waals surface area contributed by atoms with Crippen molar-refractivity contribution < 1.29 is 27.1 Å². The van der Waals surface area contributed by atoms with E-state index < -0.39 is 17.6 Å². The zero-order valence-corrected chi connectivity index (χ0v) is 13.6. The van der Waals surface area contributed by atoms with E-state index in [4.69, 9.17) is 20.8 Å². The van der Waals surface area contributed by atoms with Crippen molar-refractivity contribution >= 4 is 23.2 Å². The van der Waals surface area contributed by atoms with E-state index in [1.807, 2.05) is 0 Å². The second-order valence-electron chi connectivity index (χ2n) is 5.07. The van der Waals surface area contributed by atoms with Gasteiger partial charge in [-0.15, -0.1) is 0 Å². The van der Waals surface area contributed by atoms with Crippen LogP contribution in [0.5, 0.6) is 11.6 Å². The van der Waals surface area contributed by atoms with E-state index in [9.17, 15) is 18.0 Å². The summed E-state index contributed by atoms with van der Waals surface area (Å²) in [6.45, 7) is 0. The summed E-state index contributed by atoms with van der Waals surface area (Å²) in [6, 6.07) is 9.96. The molecule has 3 rings (SSSR count). The number of furan rings is 1. The van der Waals surface area contributed by atoms with Gasteiger partial charge in [-0.2, -0.15) is 13.2 Å². The van der Waals surface area contributed by atoms with Gasteiger partial charge < -0.3 is 14.5 Å². The minimum Gasteiger partial charge on any atom is -0.459 e. The zero-order valence-electron chi connectivity index (χ0n) is 12.9. The fourth-order valence-electron chi connectivity index (χ4n) is 1.97. The molecule has 9 heteroatoms. The van der Waals surface area contributed by atoms with Crippen molar-refractivity contribution in [2.75, 3.05) is 5.32 Å². The zero-order chi connectivity index (χ0) is 18.7. The molecule has 0 atom stereocenters. The van der Waals surface area contributed by atoms with Gasteiger partial charge in [0.05, 0.1) is 11.8 Å². The van der Waals surface area contributed by atoms with Crippen molar-refractivity contribution in [2.24, 2.45) is 0 Å². The molecule has 26 heavy (non-hydrogen) atoms. The predicted molar refractivity (Wildman–Crippen MR) is 87.4 cm³/mol. The lowest BCUT2D eigenvalue weighted by atomic mass is 10.2. The maximum atomic E-state index is 12.6. The van der Waals surface area contributed by atoms with E-state index >= 15 is 0 Å². The van der Waals surface area contributed by atoms with Crippen LogP contribution in [0, 0.1) is 0 Å². The third-order valence-corrected chi connectivity index (χ3v) is 3.48. The van der Waals surface area contributed by atoms with Crippen LogP contribution < -0.4 is 10.1 Å². The number of carbonyl (C=O) groups is 1. The number of alkyl halides is 3. The maximum Gasteiger partial charge on any atom is 0.417 e. The molecule has 0 aliphatic rings. The van der Waals surface area contributed by atoms with Gasteiger partial charge in [-0.1, -0.05) is 11.6 Å². The Bertz CT molecular complexity index is 910. The highest BCUT2D eigenvalue weighted by atomic mass is 35.5. The molecule has 0 aliphatic heterocycles. The Labute approximate surface area is 150 Å². The average molecular weight is 383 g/mol. The molecule has 0 radical (unpaired) electrons. The van der Waals surface area contributed by atoms with E-state index in [2.05, 4.69) is 10.3 Å². The number of anilines is 1. The second-order valence-corrected chi connectivity index (χ2v) is 5.47. The SMILES string of the molecule is O=C(Nc1ccc(Oc2ncc(C(F)(F)F)cc2Cl)cc1)c1ccco1. The van der Waals surface area contributed by atoms with Gasteiger partial charge in [0, 0.05) is 11.9 Å². The summed E-state index contributed by atoms with van der Waals surface area (Å²) in [5, 5.41) is 2.35. The highest BCUT2D eigenvalue weighted by Gasteiger charge is 2.31. The van der Waals surface area contributed by atoms with Gasteiger partial charge in [-0.05, 0) is 42.5 Å². The molecule has 134 valence electrons. The van der Waals surface area contributed by atoms with Gasteiger partial charge in [0.15, 0.2) is 5.76 Å². The van der Waals surface area contributed by atoms with Crippen molar-refractivity contribution in [1.82, 2.24) is 4.98 Å². The first-order valence-corrected chi connectivity index (χ1v) is 7.56. The lowest BCUT2D eigenvalue weighted by Crippen LogP contribution is -2.10. The Morgan fingerprint density at radius 3 is 2.50 bits per heavy atom. The summed E-state index contributed by atoms with van der Waals surface area (Å²) >= 11 is 5.79. The summed E-state index contributed by atoms with van der Waals surface area (Å²) in [7, 11) is 0. The molecule has 1 aromatic carbocycles. The van der Waals surface area contributed by atoms with Crippen LogP contribution >= 0.6 is 11.6 Å². The van der Waals surface area contributed by atoms with Gasteiger partial charge >= 0.3 is 6.18 Å². The Hall–Kier alpha value is -3.00. The molecule has 0 fully saturated rings. The Morgan fingerprint density at radius 2 is 1.92 bits per heavy atom. The summed E-state index contributed by atoms with van der Waals surface area (Å²) in [4.78, 5) is 15.4. The summed E-state index contributed by atoms with van der Waals surface area (Å²) in [5.41, 5.74) is -0.490. The normalized spacial score (nSPS) is 11.2. The standard InChI is InChI=1S/C17H10ClF3N2O3/c18-13-8-10(17(19,20)21)9-22-16(13)26-12-5-3-11(4-6-12)23-15(24)14-2-1-7-25-14/h1-9H,(H,23,24). The van der Waals surface area contributed by atoms with E-state index in [0.29, 0.717) is 11.9 Å². The van der Waals surface area contributed by atoms with Gasteiger partial charge in [-0.3, -0.25) is 4.79 Å². The molecular weight excluding hydrogens is 373 g/mol. The molecule has 0 spiro atoms. The Kier molecular flexibility index (Phi) is 4.85. The quantitative estimate of drug-likeness (QED) is 0.657. The number of aromatic nitrogens is 1. The molecule has 0 bridgehead atoms. The first kappa shape index (κ1) is 17.8. The molecule has 3 aromatic rings. The smallest absolute Gasteiger partial charge is 0.417 e. The molecule has 1 amide bonds. The van der Waals surface area contributed by atoms with E-state index in [-0.39, 0.29) is 22.4 Å². The number of ether oxygens (including phenoxy) is 1. The molecule has 2 aromatic heterocycles. The molecule has 5 nitrogen and oxygen atoms in total. The number of halogens is 4. The molecule has 1 N–H and O–H groups in total. The first-order chi connectivity index (χ1) is 12.3. The van der Waals surface area contributed by atoms with Gasteiger partial charge in [-0.25, -0.2) is 4.98 Å². The van der Waals surface area contributed by atoms with Crippen LogP contribution in [0.4, 0.5) is 18.9 Å². The first-order valence-electron chi connectivity index (χ1n) is 7.18. The van der Waals surface area contributed by atoms with Crippen molar-refractivity contribution in [1.29, 1.82) is 0 Å². The number of amides is 1. The summed E-state index contributed by atoms with van der Waals surface area (Å²) in [6.07, 6.45) is -2.52. The van der Waals surface area contributed by atoms with Crippen molar-refractivity contribution in [3.8, 4) is 11.6 Å². The molecule has 0 aliphatic carbocycles. The minimum atomic E-state index is -4.54. The Morgan fingerprint density at radius 1 is 1.19 bits per heavy atom. The molecule has 0 saturated heterocycles. The van der Waals surface area contributed by atoms with E-state index in [1.165, 1.54) is 24.5 Å². The third kappa shape index (κ3) is 4.15. The average Bonchev–Trinajstić information content (AvgIpc) is 3.12.